The van der Waals surface area contributed by atoms with Crippen molar-refractivity contribution in [3.8, 4) is 5.75 Å². The Morgan fingerprint density at radius 2 is 2.32 bits per heavy atom. The molecule has 0 radical (unpaired) electrons. The number of benzene rings is 1. The number of carbonyl (C=O) groups is 1. The van der Waals surface area contributed by atoms with Gasteiger partial charge in [-0.15, -0.1) is 11.3 Å². The molecule has 1 aromatic carbocycles. The number of nitrogens with one attached hydrogen (secondary N) is 1. The molecule has 2 rings (SSSR count). The lowest BCUT2D eigenvalue weighted by atomic mass is 10.2. The predicted octanol–water partition coefficient (Wildman–Crippen LogP) is 3.11. The van der Waals surface area contributed by atoms with E-state index < -0.39 is 0 Å². The third-order valence-corrected chi connectivity index (χ3v) is 3.91. The van der Waals surface area contributed by atoms with Gasteiger partial charge in [-0.05, 0) is 25.5 Å². The molecule has 0 saturated carbocycles. The monoisotopic (exact) mass is 322 g/mol. The lowest BCUT2D eigenvalue weighted by molar-refractivity contribution is -0.120. The van der Waals surface area contributed by atoms with Crippen LogP contribution in [0.25, 0.3) is 0 Å². The Morgan fingerprint density at radius 3 is 2.95 bits per heavy atom. The maximum absolute atomic E-state index is 13.1. The van der Waals surface area contributed by atoms with Crippen molar-refractivity contribution < 1.29 is 13.9 Å². The Kier molecular flexibility index (Phi) is 5.89. The summed E-state index contributed by atoms with van der Waals surface area (Å²) in [6.07, 6.45) is 0.788. The van der Waals surface area contributed by atoms with Gasteiger partial charge in [-0.25, -0.2) is 9.37 Å². The van der Waals surface area contributed by atoms with E-state index in [1.54, 1.807) is 12.1 Å². The van der Waals surface area contributed by atoms with E-state index in [9.17, 15) is 9.18 Å². The molecule has 1 aromatic heterocycles. The molecule has 4 nitrogen and oxygen atoms in total. The summed E-state index contributed by atoms with van der Waals surface area (Å²) in [6, 6.07) is 6.00. The first-order valence-electron chi connectivity index (χ1n) is 7.16. The van der Waals surface area contributed by atoms with E-state index in [2.05, 4.69) is 10.3 Å². The Balaban J connectivity index is 1.81. The van der Waals surface area contributed by atoms with Crippen LogP contribution in [-0.4, -0.2) is 23.5 Å². The first-order chi connectivity index (χ1) is 10.6. The number of nitrogens with zero attached hydrogens (tertiary/aromatic N) is 1. The van der Waals surface area contributed by atoms with Crippen LogP contribution >= 0.6 is 11.3 Å². The van der Waals surface area contributed by atoms with Crippen LogP contribution in [0.3, 0.4) is 0 Å². The fourth-order valence-electron chi connectivity index (χ4n) is 1.95. The molecule has 0 saturated heterocycles. The molecule has 0 aliphatic rings. The summed E-state index contributed by atoms with van der Waals surface area (Å²) in [4.78, 5) is 16.1. The van der Waals surface area contributed by atoms with Crippen molar-refractivity contribution in [2.75, 3.05) is 6.54 Å². The molecule has 0 aliphatic heterocycles. The summed E-state index contributed by atoms with van der Waals surface area (Å²) in [7, 11) is 0. The topological polar surface area (TPSA) is 51.2 Å². The number of amides is 1. The normalized spacial score (nSPS) is 12.0. The minimum absolute atomic E-state index is 0.0911. The highest BCUT2D eigenvalue weighted by Crippen LogP contribution is 2.15. The van der Waals surface area contributed by atoms with Crippen molar-refractivity contribution in [3.05, 3.63) is 46.2 Å². The molecule has 1 heterocycles. The lowest BCUT2D eigenvalue weighted by Gasteiger charge is -2.18. The Morgan fingerprint density at radius 1 is 1.50 bits per heavy atom. The summed E-state index contributed by atoms with van der Waals surface area (Å²) >= 11 is 1.53. The van der Waals surface area contributed by atoms with Crippen molar-refractivity contribution in [1.82, 2.24) is 10.3 Å². The molecular formula is C16H19FN2O2S. The van der Waals surface area contributed by atoms with Crippen LogP contribution in [0.2, 0.25) is 0 Å². The fraction of sp³-hybridized carbons (Fsp3) is 0.375. The highest BCUT2D eigenvalue weighted by molar-refractivity contribution is 7.09. The van der Waals surface area contributed by atoms with Gasteiger partial charge in [-0.3, -0.25) is 4.79 Å². The van der Waals surface area contributed by atoms with E-state index in [-0.39, 0.29) is 24.2 Å². The first kappa shape index (κ1) is 16.4. The van der Waals surface area contributed by atoms with E-state index in [4.69, 9.17) is 4.74 Å². The number of hydrogen-bond donors (Lipinski definition) is 1. The van der Waals surface area contributed by atoms with Crippen molar-refractivity contribution >= 4 is 17.2 Å². The van der Waals surface area contributed by atoms with Crippen LogP contribution in [0.5, 0.6) is 5.75 Å². The first-order valence-corrected chi connectivity index (χ1v) is 8.04. The van der Waals surface area contributed by atoms with Gasteiger partial charge in [-0.1, -0.05) is 13.0 Å². The van der Waals surface area contributed by atoms with Gasteiger partial charge in [0.2, 0.25) is 5.91 Å². The van der Waals surface area contributed by atoms with E-state index in [0.29, 0.717) is 18.7 Å². The van der Waals surface area contributed by atoms with Gasteiger partial charge in [-0.2, -0.15) is 0 Å². The molecule has 1 atom stereocenters. The quantitative estimate of drug-likeness (QED) is 0.852. The lowest BCUT2D eigenvalue weighted by Crippen LogP contribution is -2.35. The molecule has 2 aromatic rings. The highest BCUT2D eigenvalue weighted by Gasteiger charge is 2.12. The van der Waals surface area contributed by atoms with Gasteiger partial charge in [0.15, 0.2) is 0 Å². The summed E-state index contributed by atoms with van der Waals surface area (Å²) in [5.41, 5.74) is 0.777. The molecule has 22 heavy (non-hydrogen) atoms. The minimum atomic E-state index is -0.338. The molecule has 0 unspecified atom stereocenters. The van der Waals surface area contributed by atoms with Crippen LogP contribution in [-0.2, 0) is 11.2 Å². The summed E-state index contributed by atoms with van der Waals surface area (Å²) in [5.74, 6) is 0.0399. The summed E-state index contributed by atoms with van der Waals surface area (Å²) in [6.45, 7) is 4.25. The van der Waals surface area contributed by atoms with Crippen LogP contribution in [0.1, 0.15) is 24.0 Å². The van der Waals surface area contributed by atoms with Gasteiger partial charge in [0.1, 0.15) is 17.7 Å². The third-order valence-electron chi connectivity index (χ3n) is 3.09. The van der Waals surface area contributed by atoms with E-state index in [0.717, 1.165) is 10.7 Å². The Bertz CT molecular complexity index is 630. The summed E-state index contributed by atoms with van der Waals surface area (Å²) < 4.78 is 18.8. The minimum Gasteiger partial charge on any atom is -0.489 e. The predicted molar refractivity (Wildman–Crippen MR) is 84.7 cm³/mol. The Hall–Kier alpha value is -1.95. The van der Waals surface area contributed by atoms with E-state index in [1.165, 1.54) is 23.5 Å². The molecule has 6 heteroatoms. The highest BCUT2D eigenvalue weighted by atomic mass is 32.1. The smallest absolute Gasteiger partial charge is 0.226 e. The van der Waals surface area contributed by atoms with Crippen molar-refractivity contribution in [1.29, 1.82) is 0 Å². The zero-order valence-corrected chi connectivity index (χ0v) is 13.5. The number of halogens is 1. The molecule has 1 amide bonds. The Labute approximate surface area is 133 Å². The molecule has 0 spiro atoms. The molecule has 0 fully saturated rings. The van der Waals surface area contributed by atoms with Crippen LogP contribution in [0, 0.1) is 12.7 Å². The van der Waals surface area contributed by atoms with Gasteiger partial charge < -0.3 is 10.1 Å². The van der Waals surface area contributed by atoms with Crippen LogP contribution < -0.4 is 10.1 Å². The second kappa shape index (κ2) is 7.89. The average Bonchev–Trinajstić information content (AvgIpc) is 2.88. The van der Waals surface area contributed by atoms with E-state index in [1.807, 2.05) is 19.2 Å². The molecule has 0 bridgehead atoms. The summed E-state index contributed by atoms with van der Waals surface area (Å²) in [5, 5.41) is 5.67. The number of thiazole rings is 1. The number of aryl methyl sites for hydroxylation is 1. The van der Waals surface area contributed by atoms with Gasteiger partial charge in [0, 0.05) is 11.4 Å². The largest absolute Gasteiger partial charge is 0.489 e. The van der Waals surface area contributed by atoms with Gasteiger partial charge >= 0.3 is 0 Å². The number of carbonyl (C=O) groups excluding carboxylic acids is 1. The third kappa shape index (κ3) is 5.11. The van der Waals surface area contributed by atoms with Crippen molar-refractivity contribution in [3.63, 3.8) is 0 Å². The zero-order chi connectivity index (χ0) is 15.9. The van der Waals surface area contributed by atoms with Gasteiger partial charge in [0.05, 0.1) is 23.7 Å². The molecular weight excluding hydrogens is 303 g/mol. The van der Waals surface area contributed by atoms with Crippen molar-refractivity contribution in [2.45, 2.75) is 32.8 Å². The number of aromatic nitrogens is 1. The average molecular weight is 322 g/mol. The second-order valence-electron chi connectivity index (χ2n) is 4.94. The standard InChI is InChI=1S/C16H19FN2O2S/c1-3-14(21-15-6-4-5-12(17)7-15)9-18-16(20)8-13-10-22-11(2)19-13/h4-7,10,14H,3,8-9H2,1-2H3,(H,18,20)/t14-/m1/s1. The van der Waals surface area contributed by atoms with Gasteiger partial charge in [0.25, 0.3) is 0 Å². The van der Waals surface area contributed by atoms with Crippen LogP contribution in [0.4, 0.5) is 4.39 Å². The molecule has 0 aliphatic carbocycles. The van der Waals surface area contributed by atoms with E-state index >= 15 is 0 Å². The van der Waals surface area contributed by atoms with Crippen LogP contribution in [0.15, 0.2) is 29.6 Å². The molecule has 118 valence electrons. The maximum Gasteiger partial charge on any atom is 0.226 e. The maximum atomic E-state index is 13.1. The fourth-order valence-corrected chi connectivity index (χ4v) is 2.56. The number of hydrogen-bond acceptors (Lipinski definition) is 4. The zero-order valence-electron chi connectivity index (χ0n) is 12.6. The second-order valence-corrected chi connectivity index (χ2v) is 6.01. The number of rotatable bonds is 7. The number of ether oxygens (including phenoxy) is 1. The molecule has 1 N–H and O–H groups in total. The SMILES string of the molecule is CC[C@H](CNC(=O)Cc1csc(C)n1)Oc1cccc(F)c1. The van der Waals surface area contributed by atoms with Crippen molar-refractivity contribution in [2.24, 2.45) is 0 Å².